The van der Waals surface area contributed by atoms with Gasteiger partial charge < -0.3 is 4.74 Å². The molecule has 6 nitrogen and oxygen atoms in total. The molecule has 2 aromatic heterocycles. The van der Waals surface area contributed by atoms with E-state index in [1.807, 2.05) is 73.7 Å². The number of methoxy groups -OCH3 is 1. The molecule has 144 valence electrons. The number of ether oxygens (including phenoxy) is 1. The van der Waals surface area contributed by atoms with Crippen LogP contribution in [0, 0.1) is 0 Å². The first-order chi connectivity index (χ1) is 14.2. The molecule has 4 rings (SSSR count). The molecule has 29 heavy (non-hydrogen) atoms. The second kappa shape index (κ2) is 7.98. The molecule has 0 fully saturated rings. The maximum Gasteiger partial charge on any atom is 0.280 e. The van der Waals surface area contributed by atoms with Gasteiger partial charge in [0.25, 0.3) is 5.56 Å². The Balaban J connectivity index is 1.89. The summed E-state index contributed by atoms with van der Waals surface area (Å²) < 4.78 is 6.74. The van der Waals surface area contributed by atoms with E-state index >= 15 is 0 Å². The normalized spacial score (nSPS) is 11.4. The number of rotatable bonds is 5. The van der Waals surface area contributed by atoms with Crippen molar-refractivity contribution in [2.75, 3.05) is 7.11 Å². The minimum absolute atomic E-state index is 0.175. The Kier molecular flexibility index (Phi) is 5.07. The lowest BCUT2D eigenvalue weighted by molar-refractivity contribution is 0.414. The van der Waals surface area contributed by atoms with Crippen LogP contribution < -0.4 is 10.3 Å². The van der Waals surface area contributed by atoms with Crippen LogP contribution >= 0.6 is 0 Å². The molecule has 0 bridgehead atoms. The van der Waals surface area contributed by atoms with Gasteiger partial charge in [-0.2, -0.15) is 0 Å². The Bertz CT molecular complexity index is 1190. The predicted molar refractivity (Wildman–Crippen MR) is 114 cm³/mol. The average molecular weight is 384 g/mol. The van der Waals surface area contributed by atoms with Gasteiger partial charge in [0, 0.05) is 11.8 Å². The van der Waals surface area contributed by atoms with Gasteiger partial charge in [0.15, 0.2) is 5.82 Å². The average Bonchev–Trinajstić information content (AvgIpc) is 3.12. The van der Waals surface area contributed by atoms with Crippen LogP contribution in [0.15, 0.2) is 88.8 Å². The summed E-state index contributed by atoms with van der Waals surface area (Å²) in [6, 6.07) is 22.5. The molecule has 0 saturated heterocycles. The Morgan fingerprint density at radius 1 is 1.00 bits per heavy atom. The highest BCUT2D eigenvalue weighted by molar-refractivity contribution is 6.04. The zero-order valence-electron chi connectivity index (χ0n) is 16.2. The molecule has 0 aliphatic heterocycles. The van der Waals surface area contributed by atoms with Gasteiger partial charge in [-0.3, -0.25) is 9.89 Å². The third-order valence-corrected chi connectivity index (χ3v) is 4.58. The van der Waals surface area contributed by atoms with Crippen molar-refractivity contribution in [1.82, 2.24) is 14.8 Å². The number of hydrogen-bond acceptors (Lipinski definition) is 4. The number of hydrogen-bond donors (Lipinski definition) is 1. The lowest BCUT2D eigenvalue weighted by Crippen LogP contribution is -2.19. The van der Waals surface area contributed by atoms with Gasteiger partial charge in [0.2, 0.25) is 0 Å². The summed E-state index contributed by atoms with van der Waals surface area (Å²) in [4.78, 5) is 22.2. The first-order valence-electron chi connectivity index (χ1n) is 9.19. The standard InChI is InChI=1S/C23H20N4O2/c1-16(25-20-10-6-7-15-24-20)21-22(17-8-4-3-5-9-17)26-27(23(21)28)18-11-13-19(29-2)14-12-18/h3-15,26H,1-2H3/b25-16+. The second-order valence-electron chi connectivity index (χ2n) is 6.45. The Hall–Kier alpha value is -3.93. The maximum atomic E-state index is 13.3. The summed E-state index contributed by atoms with van der Waals surface area (Å²) in [6.07, 6.45) is 1.68. The van der Waals surface area contributed by atoms with E-state index in [9.17, 15) is 4.79 Å². The van der Waals surface area contributed by atoms with Gasteiger partial charge in [-0.05, 0) is 43.3 Å². The van der Waals surface area contributed by atoms with Crippen molar-refractivity contribution >= 4 is 11.5 Å². The van der Waals surface area contributed by atoms with Crippen LogP contribution in [-0.2, 0) is 0 Å². The highest BCUT2D eigenvalue weighted by Gasteiger charge is 2.19. The summed E-state index contributed by atoms with van der Waals surface area (Å²) in [5.41, 5.74) is 3.26. The molecule has 0 amide bonds. The highest BCUT2D eigenvalue weighted by Crippen LogP contribution is 2.23. The second-order valence-corrected chi connectivity index (χ2v) is 6.45. The van der Waals surface area contributed by atoms with Gasteiger partial charge in [-0.1, -0.05) is 36.4 Å². The number of benzene rings is 2. The quantitative estimate of drug-likeness (QED) is 0.519. The molecule has 0 radical (unpaired) electrons. The molecule has 4 aromatic rings. The lowest BCUT2D eigenvalue weighted by atomic mass is 10.1. The van der Waals surface area contributed by atoms with Crippen molar-refractivity contribution in [1.29, 1.82) is 0 Å². The molecular formula is C23H20N4O2. The van der Waals surface area contributed by atoms with Crippen LogP contribution in [0.5, 0.6) is 5.75 Å². The van der Waals surface area contributed by atoms with Gasteiger partial charge in [-0.15, -0.1) is 0 Å². The monoisotopic (exact) mass is 384 g/mol. The molecule has 0 unspecified atom stereocenters. The Morgan fingerprint density at radius 3 is 2.38 bits per heavy atom. The van der Waals surface area contributed by atoms with E-state index in [0.717, 1.165) is 11.3 Å². The summed E-state index contributed by atoms with van der Waals surface area (Å²) in [5.74, 6) is 1.28. The fraction of sp³-hybridized carbons (Fsp3) is 0.0870. The highest BCUT2D eigenvalue weighted by atomic mass is 16.5. The molecule has 0 atom stereocenters. The number of aromatic amines is 1. The van der Waals surface area contributed by atoms with Gasteiger partial charge in [-0.25, -0.2) is 14.7 Å². The minimum atomic E-state index is -0.175. The van der Waals surface area contributed by atoms with E-state index < -0.39 is 0 Å². The fourth-order valence-electron chi connectivity index (χ4n) is 3.15. The number of aliphatic imine (C=N–C) groups is 1. The largest absolute Gasteiger partial charge is 0.497 e. The number of aromatic nitrogens is 3. The number of nitrogens with one attached hydrogen (secondary N) is 1. The zero-order chi connectivity index (χ0) is 20.2. The first kappa shape index (κ1) is 18.4. The van der Waals surface area contributed by atoms with E-state index in [-0.39, 0.29) is 5.56 Å². The van der Waals surface area contributed by atoms with Gasteiger partial charge in [0.1, 0.15) is 5.75 Å². The van der Waals surface area contributed by atoms with E-state index in [2.05, 4.69) is 15.1 Å². The van der Waals surface area contributed by atoms with E-state index in [1.165, 1.54) is 4.68 Å². The molecular weight excluding hydrogens is 364 g/mol. The zero-order valence-corrected chi connectivity index (χ0v) is 16.2. The molecule has 2 aromatic carbocycles. The predicted octanol–water partition coefficient (Wildman–Crippen LogP) is 4.38. The lowest BCUT2D eigenvalue weighted by Gasteiger charge is -2.04. The van der Waals surface area contributed by atoms with Gasteiger partial charge >= 0.3 is 0 Å². The molecule has 2 heterocycles. The Labute approximate surface area is 168 Å². The number of pyridine rings is 1. The van der Waals surface area contributed by atoms with Crippen molar-refractivity contribution < 1.29 is 4.74 Å². The summed E-state index contributed by atoms with van der Waals surface area (Å²) in [5, 5.41) is 3.25. The van der Waals surface area contributed by atoms with Crippen molar-refractivity contribution in [2.24, 2.45) is 4.99 Å². The van der Waals surface area contributed by atoms with Crippen molar-refractivity contribution in [3.8, 4) is 22.7 Å². The van der Waals surface area contributed by atoms with Crippen LogP contribution in [0.2, 0.25) is 0 Å². The molecule has 0 aliphatic rings. The molecule has 1 N–H and O–H groups in total. The Morgan fingerprint density at radius 2 is 1.72 bits per heavy atom. The van der Waals surface area contributed by atoms with Crippen LogP contribution in [0.4, 0.5) is 5.82 Å². The topological polar surface area (TPSA) is 72.3 Å². The molecule has 0 saturated carbocycles. The van der Waals surface area contributed by atoms with Gasteiger partial charge in [0.05, 0.1) is 29.8 Å². The van der Waals surface area contributed by atoms with Crippen LogP contribution in [0.3, 0.4) is 0 Å². The summed E-state index contributed by atoms with van der Waals surface area (Å²) in [6.45, 7) is 1.82. The summed E-state index contributed by atoms with van der Waals surface area (Å²) in [7, 11) is 1.61. The van der Waals surface area contributed by atoms with Crippen LogP contribution in [0.25, 0.3) is 16.9 Å². The van der Waals surface area contributed by atoms with E-state index in [4.69, 9.17) is 4.74 Å². The fourth-order valence-corrected chi connectivity index (χ4v) is 3.15. The number of H-pyrrole nitrogens is 1. The molecule has 0 aliphatic carbocycles. The van der Waals surface area contributed by atoms with Crippen molar-refractivity contribution in [3.63, 3.8) is 0 Å². The SMILES string of the molecule is COc1ccc(-n2[nH]c(-c3ccccc3)c(/C(C)=N/c3ccccn3)c2=O)cc1. The maximum absolute atomic E-state index is 13.3. The van der Waals surface area contributed by atoms with Crippen molar-refractivity contribution in [3.05, 3.63) is 94.9 Å². The van der Waals surface area contributed by atoms with Crippen molar-refractivity contribution in [2.45, 2.75) is 6.92 Å². The van der Waals surface area contributed by atoms with Crippen LogP contribution in [0.1, 0.15) is 12.5 Å². The third-order valence-electron chi connectivity index (χ3n) is 4.58. The van der Waals surface area contributed by atoms with E-state index in [1.54, 1.807) is 19.4 Å². The number of nitrogens with zero attached hydrogens (tertiary/aromatic N) is 3. The molecule has 0 spiro atoms. The first-order valence-corrected chi connectivity index (χ1v) is 9.19. The third kappa shape index (κ3) is 3.73. The van der Waals surface area contributed by atoms with Crippen LogP contribution in [-0.4, -0.2) is 27.6 Å². The minimum Gasteiger partial charge on any atom is -0.497 e. The van der Waals surface area contributed by atoms with E-state index in [0.29, 0.717) is 28.5 Å². The summed E-state index contributed by atoms with van der Waals surface area (Å²) >= 11 is 0. The smallest absolute Gasteiger partial charge is 0.280 e. The molecule has 6 heteroatoms.